The molecule has 1 saturated heterocycles. The van der Waals surface area contributed by atoms with Crippen LogP contribution in [0.4, 0.5) is 0 Å². The van der Waals surface area contributed by atoms with Crippen molar-refractivity contribution >= 4 is 11.1 Å². The maximum Gasteiger partial charge on any atom is 0.417 e. The lowest BCUT2D eigenvalue weighted by molar-refractivity contribution is 0.226. The number of hydrogen-bond acceptors (Lipinski definition) is 4. The molecule has 3 rings (SSSR count). The summed E-state index contributed by atoms with van der Waals surface area (Å²) in [6, 6.07) is 5.88. The number of rotatable bonds is 5. The number of benzene rings is 1. The first kappa shape index (κ1) is 12.4. The number of nitrogens with zero attached hydrogens (tertiary/aromatic N) is 1. The van der Waals surface area contributed by atoms with Crippen molar-refractivity contribution in [2.75, 3.05) is 33.2 Å². The van der Waals surface area contributed by atoms with Gasteiger partial charge in [0.15, 0.2) is 5.58 Å². The van der Waals surface area contributed by atoms with Crippen LogP contribution in [0.1, 0.15) is 5.56 Å². The van der Waals surface area contributed by atoms with Crippen LogP contribution in [-0.2, 0) is 6.42 Å². The van der Waals surface area contributed by atoms with Crippen molar-refractivity contribution < 1.29 is 4.42 Å². The van der Waals surface area contributed by atoms with Crippen molar-refractivity contribution in [3.63, 3.8) is 0 Å². The Balaban J connectivity index is 1.59. The van der Waals surface area contributed by atoms with Gasteiger partial charge in [0.2, 0.25) is 0 Å². The quantitative estimate of drug-likeness (QED) is 0.836. The lowest BCUT2D eigenvalue weighted by Gasteiger charge is -2.31. The van der Waals surface area contributed by atoms with E-state index >= 15 is 0 Å². The summed E-state index contributed by atoms with van der Waals surface area (Å²) in [7, 11) is 2.16. The summed E-state index contributed by atoms with van der Waals surface area (Å²) in [6.45, 7) is 4.47. The van der Waals surface area contributed by atoms with Crippen LogP contribution in [0, 0.1) is 5.92 Å². The predicted octanol–water partition coefficient (Wildman–Crippen LogP) is 0.815. The maximum atomic E-state index is 11.1. The topological polar surface area (TPSA) is 61.3 Å². The molecule has 0 radical (unpaired) electrons. The van der Waals surface area contributed by atoms with Gasteiger partial charge in [-0.25, -0.2) is 4.79 Å². The molecule has 1 fully saturated rings. The van der Waals surface area contributed by atoms with E-state index in [0.717, 1.165) is 44.0 Å². The third-order valence-corrected chi connectivity index (χ3v) is 3.70. The SMILES string of the molecule is CN(CCc1ccc2oc(=O)[nH]c2c1)CC1CNC1. The Morgan fingerprint density at radius 1 is 1.42 bits per heavy atom. The number of nitrogens with one attached hydrogen (secondary N) is 2. The molecule has 1 aliphatic rings. The monoisotopic (exact) mass is 261 g/mol. The third kappa shape index (κ3) is 2.88. The van der Waals surface area contributed by atoms with Crippen LogP contribution in [0.2, 0.25) is 0 Å². The fraction of sp³-hybridized carbons (Fsp3) is 0.500. The molecule has 0 unspecified atom stereocenters. The van der Waals surface area contributed by atoms with Gasteiger partial charge in [0.1, 0.15) is 0 Å². The van der Waals surface area contributed by atoms with E-state index in [2.05, 4.69) is 22.2 Å². The molecule has 1 aromatic carbocycles. The number of fused-ring (bicyclic) bond motifs is 1. The standard InChI is InChI=1S/C14H19N3O2/c1-17(9-11-7-15-8-11)5-4-10-2-3-13-12(6-10)16-14(18)19-13/h2-3,6,11,15H,4-5,7-9H2,1H3,(H,16,18). The van der Waals surface area contributed by atoms with Crippen molar-refractivity contribution in [1.29, 1.82) is 0 Å². The van der Waals surface area contributed by atoms with Gasteiger partial charge in [-0.15, -0.1) is 0 Å². The largest absolute Gasteiger partial charge is 0.417 e. The average Bonchev–Trinajstić information content (AvgIpc) is 2.70. The third-order valence-electron chi connectivity index (χ3n) is 3.70. The van der Waals surface area contributed by atoms with Gasteiger partial charge in [-0.05, 0) is 37.1 Å². The van der Waals surface area contributed by atoms with Crippen LogP contribution in [0.3, 0.4) is 0 Å². The minimum atomic E-state index is -0.387. The highest BCUT2D eigenvalue weighted by Crippen LogP contribution is 2.13. The normalized spacial score (nSPS) is 16.1. The van der Waals surface area contributed by atoms with Crippen LogP contribution in [-0.4, -0.2) is 43.1 Å². The molecular weight excluding hydrogens is 242 g/mol. The second kappa shape index (κ2) is 5.19. The fourth-order valence-corrected chi connectivity index (χ4v) is 2.48. The molecule has 0 saturated carbocycles. The molecule has 0 bridgehead atoms. The van der Waals surface area contributed by atoms with E-state index in [0.29, 0.717) is 5.58 Å². The summed E-state index contributed by atoms with van der Waals surface area (Å²) >= 11 is 0. The Labute approximate surface area is 111 Å². The zero-order valence-corrected chi connectivity index (χ0v) is 11.1. The second-order valence-corrected chi connectivity index (χ2v) is 5.38. The lowest BCUT2D eigenvalue weighted by atomic mass is 10.0. The molecule has 5 heteroatoms. The summed E-state index contributed by atoms with van der Waals surface area (Å²) < 4.78 is 4.99. The Bertz CT molecular complexity index is 612. The molecule has 1 aliphatic heterocycles. The van der Waals surface area contributed by atoms with E-state index in [1.807, 2.05) is 18.2 Å². The van der Waals surface area contributed by atoms with Crippen LogP contribution >= 0.6 is 0 Å². The number of aromatic nitrogens is 1. The molecule has 0 atom stereocenters. The van der Waals surface area contributed by atoms with Gasteiger partial charge in [-0.3, -0.25) is 4.98 Å². The van der Waals surface area contributed by atoms with Crippen molar-refractivity contribution in [3.8, 4) is 0 Å². The fourth-order valence-electron chi connectivity index (χ4n) is 2.48. The van der Waals surface area contributed by atoms with E-state index in [4.69, 9.17) is 4.42 Å². The Kier molecular flexibility index (Phi) is 3.40. The second-order valence-electron chi connectivity index (χ2n) is 5.38. The predicted molar refractivity (Wildman–Crippen MR) is 74.4 cm³/mol. The van der Waals surface area contributed by atoms with Crippen LogP contribution in [0.15, 0.2) is 27.4 Å². The van der Waals surface area contributed by atoms with E-state index in [1.54, 1.807) is 0 Å². The zero-order chi connectivity index (χ0) is 13.2. The summed E-state index contributed by atoms with van der Waals surface area (Å²) in [6.07, 6.45) is 0.986. The van der Waals surface area contributed by atoms with Crippen LogP contribution in [0.5, 0.6) is 0 Å². The molecule has 5 nitrogen and oxygen atoms in total. The minimum Gasteiger partial charge on any atom is -0.408 e. The Morgan fingerprint density at radius 3 is 3.00 bits per heavy atom. The van der Waals surface area contributed by atoms with Crippen molar-refractivity contribution in [2.45, 2.75) is 6.42 Å². The zero-order valence-electron chi connectivity index (χ0n) is 11.1. The first-order chi connectivity index (χ1) is 9.20. The van der Waals surface area contributed by atoms with Crippen molar-refractivity contribution in [3.05, 3.63) is 34.3 Å². The van der Waals surface area contributed by atoms with Crippen molar-refractivity contribution in [2.24, 2.45) is 5.92 Å². The van der Waals surface area contributed by atoms with Gasteiger partial charge in [0, 0.05) is 26.2 Å². The Hall–Kier alpha value is -1.59. The molecule has 0 spiro atoms. The average molecular weight is 261 g/mol. The molecule has 1 aromatic heterocycles. The smallest absolute Gasteiger partial charge is 0.408 e. The summed E-state index contributed by atoms with van der Waals surface area (Å²) in [4.78, 5) is 16.2. The number of oxazole rings is 1. The number of H-pyrrole nitrogens is 1. The highest BCUT2D eigenvalue weighted by Gasteiger charge is 2.18. The molecular formula is C14H19N3O2. The Morgan fingerprint density at radius 2 is 2.26 bits per heavy atom. The van der Waals surface area contributed by atoms with Gasteiger partial charge < -0.3 is 14.6 Å². The van der Waals surface area contributed by atoms with Gasteiger partial charge >= 0.3 is 5.76 Å². The summed E-state index contributed by atoms with van der Waals surface area (Å²) in [5, 5.41) is 3.29. The van der Waals surface area contributed by atoms with E-state index in [-0.39, 0.29) is 5.76 Å². The number of hydrogen-bond donors (Lipinski definition) is 2. The van der Waals surface area contributed by atoms with E-state index in [9.17, 15) is 4.79 Å². The number of likely N-dealkylation sites (N-methyl/N-ethyl adjacent to an activating group) is 1. The highest BCUT2D eigenvalue weighted by molar-refractivity contribution is 5.72. The molecule has 2 heterocycles. The van der Waals surface area contributed by atoms with Crippen molar-refractivity contribution in [1.82, 2.24) is 15.2 Å². The molecule has 2 N–H and O–H groups in total. The maximum absolute atomic E-state index is 11.1. The summed E-state index contributed by atoms with van der Waals surface area (Å²) in [5.74, 6) is 0.416. The first-order valence-electron chi connectivity index (χ1n) is 6.72. The highest BCUT2D eigenvalue weighted by atomic mass is 16.4. The molecule has 2 aromatic rings. The van der Waals surface area contributed by atoms with Gasteiger partial charge in [0.25, 0.3) is 0 Å². The van der Waals surface area contributed by atoms with E-state index < -0.39 is 0 Å². The molecule has 102 valence electrons. The lowest BCUT2D eigenvalue weighted by Crippen LogP contribution is -2.47. The molecule has 19 heavy (non-hydrogen) atoms. The van der Waals surface area contributed by atoms with E-state index in [1.165, 1.54) is 5.56 Å². The van der Waals surface area contributed by atoms with Crippen LogP contribution in [0.25, 0.3) is 11.1 Å². The minimum absolute atomic E-state index is 0.387. The van der Waals surface area contributed by atoms with Gasteiger partial charge in [0.05, 0.1) is 5.52 Å². The van der Waals surface area contributed by atoms with Gasteiger partial charge in [-0.2, -0.15) is 0 Å². The summed E-state index contributed by atoms with van der Waals surface area (Å²) in [5.41, 5.74) is 2.64. The van der Waals surface area contributed by atoms with Gasteiger partial charge in [-0.1, -0.05) is 6.07 Å². The molecule has 0 amide bonds. The molecule has 0 aliphatic carbocycles. The first-order valence-corrected chi connectivity index (χ1v) is 6.72. The van der Waals surface area contributed by atoms with Crippen LogP contribution < -0.4 is 11.1 Å². The number of aromatic amines is 1.